The topological polar surface area (TPSA) is 103 Å². The Balaban J connectivity index is 1.73. The number of hydrogen-bond donors (Lipinski definition) is 1. The quantitative estimate of drug-likeness (QED) is 0.242. The molecule has 1 N–H and O–H groups in total. The monoisotopic (exact) mass is 522 g/mol. The van der Waals surface area contributed by atoms with Gasteiger partial charge < -0.3 is 13.7 Å². The van der Waals surface area contributed by atoms with Crippen molar-refractivity contribution in [1.82, 2.24) is 5.43 Å². The highest BCUT2D eigenvalue weighted by Crippen LogP contribution is 2.36. The van der Waals surface area contributed by atoms with Crippen LogP contribution >= 0.6 is 23.2 Å². The molecule has 0 aromatic heterocycles. The lowest BCUT2D eigenvalue weighted by Crippen LogP contribution is -2.17. The van der Waals surface area contributed by atoms with E-state index in [-0.39, 0.29) is 20.7 Å². The van der Waals surface area contributed by atoms with E-state index in [0.29, 0.717) is 29.2 Å². The zero-order chi connectivity index (χ0) is 24.7. The summed E-state index contributed by atoms with van der Waals surface area (Å²) in [5, 5.41) is 3.81. The minimum absolute atomic E-state index is 0.0403. The van der Waals surface area contributed by atoms with Crippen LogP contribution < -0.4 is 19.1 Å². The number of nitrogens with one attached hydrogen (secondary N) is 1. The van der Waals surface area contributed by atoms with Crippen molar-refractivity contribution in [2.75, 3.05) is 13.7 Å². The number of ether oxygens (including phenoxy) is 2. The average molecular weight is 523 g/mol. The first-order chi connectivity index (χ1) is 16.2. The Morgan fingerprint density at radius 3 is 2.32 bits per heavy atom. The third-order valence-corrected chi connectivity index (χ3v) is 6.15. The molecule has 178 valence electrons. The summed E-state index contributed by atoms with van der Waals surface area (Å²) in [7, 11) is -2.62. The van der Waals surface area contributed by atoms with Crippen molar-refractivity contribution in [1.29, 1.82) is 0 Å². The number of methoxy groups -OCH3 is 1. The molecule has 3 rings (SSSR count). The fourth-order valence-electron chi connectivity index (χ4n) is 2.79. The highest BCUT2D eigenvalue weighted by Gasteiger charge is 2.20. The molecule has 0 aliphatic rings. The van der Waals surface area contributed by atoms with Gasteiger partial charge in [0.2, 0.25) is 0 Å². The maximum absolute atomic E-state index is 12.4. The second kappa shape index (κ2) is 11.2. The molecule has 1 amide bonds. The van der Waals surface area contributed by atoms with Gasteiger partial charge in [-0.05, 0) is 55.0 Å². The summed E-state index contributed by atoms with van der Waals surface area (Å²) < 4.78 is 40.7. The van der Waals surface area contributed by atoms with Gasteiger partial charge in [-0.2, -0.15) is 13.5 Å². The number of benzene rings is 3. The molecule has 3 aromatic carbocycles. The SMILES string of the molecule is CCOc1cc(C(=O)N/N=C/c2cc(Cl)c(OS(=O)(=O)c3ccccc3)c(Cl)c2)ccc1OC. The Morgan fingerprint density at radius 2 is 1.71 bits per heavy atom. The second-order valence-corrected chi connectivity index (χ2v) is 9.02. The minimum Gasteiger partial charge on any atom is -0.493 e. The van der Waals surface area contributed by atoms with E-state index in [2.05, 4.69) is 10.5 Å². The summed E-state index contributed by atoms with van der Waals surface area (Å²) in [6.45, 7) is 2.23. The van der Waals surface area contributed by atoms with Gasteiger partial charge in [-0.3, -0.25) is 4.79 Å². The largest absolute Gasteiger partial charge is 0.493 e. The van der Waals surface area contributed by atoms with Crippen LogP contribution in [-0.2, 0) is 10.1 Å². The van der Waals surface area contributed by atoms with Crippen LogP contribution in [0.4, 0.5) is 0 Å². The van der Waals surface area contributed by atoms with Crippen molar-refractivity contribution in [2.45, 2.75) is 11.8 Å². The van der Waals surface area contributed by atoms with E-state index in [0.717, 1.165) is 0 Å². The lowest BCUT2D eigenvalue weighted by molar-refractivity contribution is 0.0954. The predicted molar refractivity (Wildman–Crippen MR) is 130 cm³/mol. The number of carbonyl (C=O) groups excluding carboxylic acids is 1. The van der Waals surface area contributed by atoms with E-state index in [1.54, 1.807) is 36.4 Å². The number of halogens is 2. The van der Waals surface area contributed by atoms with Crippen molar-refractivity contribution < 1.29 is 26.9 Å². The molecule has 0 aliphatic heterocycles. The molecule has 0 atom stereocenters. The van der Waals surface area contributed by atoms with Crippen LogP contribution in [0.1, 0.15) is 22.8 Å². The normalized spacial score (nSPS) is 11.3. The van der Waals surface area contributed by atoms with Crippen LogP contribution in [0.3, 0.4) is 0 Å². The van der Waals surface area contributed by atoms with Crippen molar-refractivity contribution in [3.63, 3.8) is 0 Å². The molecule has 0 saturated carbocycles. The van der Waals surface area contributed by atoms with Gasteiger partial charge in [0.1, 0.15) is 4.90 Å². The van der Waals surface area contributed by atoms with Crippen LogP contribution in [0.5, 0.6) is 17.2 Å². The Hall–Kier alpha value is -3.27. The molecular weight excluding hydrogens is 503 g/mol. The lowest BCUT2D eigenvalue weighted by Gasteiger charge is -2.11. The zero-order valence-corrected chi connectivity index (χ0v) is 20.4. The molecule has 0 heterocycles. The number of carbonyl (C=O) groups is 1. The number of rotatable bonds is 9. The first kappa shape index (κ1) is 25.4. The van der Waals surface area contributed by atoms with Crippen molar-refractivity contribution in [2.24, 2.45) is 5.10 Å². The predicted octanol–water partition coefficient (Wildman–Crippen LogP) is 4.93. The first-order valence-electron chi connectivity index (χ1n) is 9.88. The van der Waals surface area contributed by atoms with Gasteiger partial charge >= 0.3 is 10.1 Å². The van der Waals surface area contributed by atoms with Gasteiger partial charge in [0.05, 0.1) is 30.0 Å². The average Bonchev–Trinajstić information content (AvgIpc) is 2.82. The second-order valence-electron chi connectivity index (χ2n) is 6.66. The molecule has 11 heteroatoms. The highest BCUT2D eigenvalue weighted by atomic mass is 35.5. The molecule has 34 heavy (non-hydrogen) atoms. The molecule has 0 spiro atoms. The first-order valence-corrected chi connectivity index (χ1v) is 12.0. The third-order valence-electron chi connectivity index (χ3n) is 4.35. The number of amides is 1. The summed E-state index contributed by atoms with van der Waals surface area (Å²) in [5.74, 6) is 0.241. The van der Waals surface area contributed by atoms with Crippen molar-refractivity contribution in [3.05, 3.63) is 81.8 Å². The zero-order valence-electron chi connectivity index (χ0n) is 18.1. The van der Waals surface area contributed by atoms with E-state index in [1.165, 1.54) is 37.6 Å². The molecule has 0 bridgehead atoms. The number of nitrogens with zero attached hydrogens (tertiary/aromatic N) is 1. The van der Waals surface area contributed by atoms with Crippen LogP contribution in [0.15, 0.2) is 70.7 Å². The Morgan fingerprint density at radius 1 is 1.03 bits per heavy atom. The maximum Gasteiger partial charge on any atom is 0.339 e. The Bertz CT molecular complexity index is 1290. The van der Waals surface area contributed by atoms with Gasteiger partial charge in [0.15, 0.2) is 17.2 Å². The Kier molecular flexibility index (Phi) is 8.38. The van der Waals surface area contributed by atoms with Crippen molar-refractivity contribution >= 4 is 45.4 Å². The number of hydrogen-bond acceptors (Lipinski definition) is 7. The van der Waals surface area contributed by atoms with E-state index in [9.17, 15) is 13.2 Å². The third kappa shape index (κ3) is 6.19. The Labute approximate surface area is 207 Å². The van der Waals surface area contributed by atoms with Crippen LogP contribution in [0, 0.1) is 0 Å². The van der Waals surface area contributed by atoms with E-state index < -0.39 is 16.0 Å². The molecule has 8 nitrogen and oxygen atoms in total. The van der Waals surface area contributed by atoms with Crippen molar-refractivity contribution in [3.8, 4) is 17.2 Å². The molecule has 0 fully saturated rings. The molecular formula is C23H20Cl2N2O6S. The maximum atomic E-state index is 12.4. The summed E-state index contributed by atoms with van der Waals surface area (Å²) in [6, 6.07) is 15.1. The molecule has 3 aromatic rings. The standard InChI is InChI=1S/C23H20Cl2N2O6S/c1-3-32-21-13-16(9-10-20(21)31-2)23(28)27-26-14-15-11-18(24)22(19(25)12-15)33-34(29,30)17-7-5-4-6-8-17/h4-14H,3H2,1-2H3,(H,27,28)/b26-14+. The van der Waals surface area contributed by atoms with Gasteiger partial charge in [0.25, 0.3) is 5.91 Å². The molecule has 0 unspecified atom stereocenters. The summed E-state index contributed by atoms with van der Waals surface area (Å²) in [4.78, 5) is 12.4. The summed E-state index contributed by atoms with van der Waals surface area (Å²) in [6.07, 6.45) is 1.30. The van der Waals surface area contributed by atoms with Gasteiger partial charge in [-0.25, -0.2) is 5.43 Å². The summed E-state index contributed by atoms with van der Waals surface area (Å²) in [5.41, 5.74) is 3.11. The number of hydrazone groups is 1. The van der Waals surface area contributed by atoms with Gasteiger partial charge in [-0.15, -0.1) is 0 Å². The molecule has 0 radical (unpaired) electrons. The van der Waals surface area contributed by atoms with Crippen LogP contribution in [-0.4, -0.2) is 34.3 Å². The van der Waals surface area contributed by atoms with Crippen LogP contribution in [0.25, 0.3) is 0 Å². The lowest BCUT2D eigenvalue weighted by atomic mass is 10.2. The van der Waals surface area contributed by atoms with Gasteiger partial charge in [0, 0.05) is 5.56 Å². The fraction of sp³-hybridized carbons (Fsp3) is 0.130. The van der Waals surface area contributed by atoms with Gasteiger partial charge in [-0.1, -0.05) is 41.4 Å². The highest BCUT2D eigenvalue weighted by molar-refractivity contribution is 7.87. The smallest absolute Gasteiger partial charge is 0.339 e. The molecule has 0 aliphatic carbocycles. The van der Waals surface area contributed by atoms with E-state index >= 15 is 0 Å². The van der Waals surface area contributed by atoms with Crippen LogP contribution in [0.2, 0.25) is 10.0 Å². The van der Waals surface area contributed by atoms with E-state index in [1.807, 2.05) is 6.92 Å². The fourth-order valence-corrected chi connectivity index (χ4v) is 4.45. The molecule has 0 saturated heterocycles. The minimum atomic E-state index is -4.12. The summed E-state index contributed by atoms with van der Waals surface area (Å²) >= 11 is 12.4. The van der Waals surface area contributed by atoms with E-state index in [4.69, 9.17) is 36.9 Å².